The molecule has 1 aromatic heterocycles. The van der Waals surface area contributed by atoms with Crippen LogP contribution in [0.5, 0.6) is 0 Å². The van der Waals surface area contributed by atoms with Crippen molar-refractivity contribution < 1.29 is 12.8 Å². The molecule has 1 aliphatic rings. The Morgan fingerprint density at radius 3 is 2.41 bits per heavy atom. The molecule has 0 atom stereocenters. The lowest BCUT2D eigenvalue weighted by atomic mass is 9.83. The number of rotatable bonds is 5. The molecule has 144 valence electrons. The van der Waals surface area contributed by atoms with Crippen LogP contribution in [0.25, 0.3) is 11.3 Å². The molecule has 0 bridgehead atoms. The van der Waals surface area contributed by atoms with Gasteiger partial charge < -0.3 is 0 Å². The molecule has 0 spiro atoms. The topological polar surface area (TPSA) is 102 Å². The Kier molecular flexibility index (Phi) is 5.60. The van der Waals surface area contributed by atoms with Crippen LogP contribution in [0.1, 0.15) is 42.9 Å². The molecule has 0 unspecified atom stereocenters. The van der Waals surface area contributed by atoms with Crippen LogP contribution in [-0.2, 0) is 10.2 Å². The first-order valence-electron chi connectivity index (χ1n) is 8.76. The Balaban J connectivity index is 1.74. The van der Waals surface area contributed by atoms with E-state index in [1.807, 2.05) is 0 Å². The highest BCUT2D eigenvalue weighted by Crippen LogP contribution is 2.36. The van der Waals surface area contributed by atoms with Gasteiger partial charge in [0.2, 0.25) is 0 Å². The van der Waals surface area contributed by atoms with Crippen molar-refractivity contribution in [3.05, 3.63) is 41.3 Å². The smallest absolute Gasteiger partial charge is 0.279 e. The summed E-state index contributed by atoms with van der Waals surface area (Å²) in [5, 5.41) is 16.9. The molecule has 1 aromatic carbocycles. The van der Waals surface area contributed by atoms with E-state index < -0.39 is 10.2 Å². The zero-order valence-electron chi connectivity index (χ0n) is 15.2. The summed E-state index contributed by atoms with van der Waals surface area (Å²) < 4.78 is 40.9. The molecule has 2 aromatic rings. The number of aromatic amines is 1. The van der Waals surface area contributed by atoms with Crippen LogP contribution >= 0.6 is 0 Å². The summed E-state index contributed by atoms with van der Waals surface area (Å²) in [6.45, 7) is 0. The molecule has 2 N–H and O–H groups in total. The zero-order valence-corrected chi connectivity index (χ0v) is 16.1. The predicted octanol–water partition coefficient (Wildman–Crippen LogP) is 2.51. The van der Waals surface area contributed by atoms with Gasteiger partial charge in [-0.05, 0) is 49.9 Å². The molecular formula is C18H22FN5O2S. The molecule has 0 aliphatic heterocycles. The van der Waals surface area contributed by atoms with Gasteiger partial charge in [-0.2, -0.15) is 27.8 Å². The average molecular weight is 391 g/mol. The number of halogens is 1. The molecule has 0 amide bonds. The summed E-state index contributed by atoms with van der Waals surface area (Å²) in [5.41, 5.74) is 2.44. The first-order chi connectivity index (χ1) is 12.8. The Hall–Kier alpha value is -2.28. The third-order valence-corrected chi connectivity index (χ3v) is 6.55. The van der Waals surface area contributed by atoms with E-state index in [0.717, 1.165) is 22.8 Å². The monoisotopic (exact) mass is 391 g/mol. The molecule has 3 rings (SSSR count). The van der Waals surface area contributed by atoms with Crippen LogP contribution in [0, 0.1) is 17.1 Å². The fraction of sp³-hybridized carbons (Fsp3) is 0.444. The van der Waals surface area contributed by atoms with E-state index in [1.54, 1.807) is 12.1 Å². The third-order valence-electron chi connectivity index (χ3n) is 4.96. The number of hydrogen-bond acceptors (Lipinski definition) is 4. The van der Waals surface area contributed by atoms with Crippen LogP contribution in [0.3, 0.4) is 0 Å². The Morgan fingerprint density at radius 2 is 1.85 bits per heavy atom. The summed E-state index contributed by atoms with van der Waals surface area (Å²) in [7, 11) is -0.458. The summed E-state index contributed by atoms with van der Waals surface area (Å²) in [6.07, 6.45) is 2.88. The van der Waals surface area contributed by atoms with Gasteiger partial charge >= 0.3 is 0 Å². The Labute approximate surface area is 158 Å². The summed E-state index contributed by atoms with van der Waals surface area (Å²) in [6, 6.07) is 7.98. The zero-order chi connectivity index (χ0) is 19.6. The van der Waals surface area contributed by atoms with Crippen molar-refractivity contribution in [3.8, 4) is 17.3 Å². The van der Waals surface area contributed by atoms with Gasteiger partial charge in [0, 0.05) is 31.6 Å². The molecule has 1 aliphatic carbocycles. The van der Waals surface area contributed by atoms with Gasteiger partial charge in [0.25, 0.3) is 10.2 Å². The second kappa shape index (κ2) is 7.76. The highest BCUT2D eigenvalue weighted by atomic mass is 32.2. The van der Waals surface area contributed by atoms with Crippen LogP contribution in [0.2, 0.25) is 0 Å². The van der Waals surface area contributed by atoms with E-state index >= 15 is 0 Å². The number of H-pyrrole nitrogens is 1. The molecule has 0 radical (unpaired) electrons. The third kappa shape index (κ3) is 4.18. The summed E-state index contributed by atoms with van der Waals surface area (Å²) in [4.78, 5) is 0. The minimum absolute atomic E-state index is 0.112. The highest BCUT2D eigenvalue weighted by Gasteiger charge is 2.29. The Morgan fingerprint density at radius 1 is 1.22 bits per heavy atom. The van der Waals surface area contributed by atoms with Crippen molar-refractivity contribution in [2.75, 3.05) is 14.1 Å². The van der Waals surface area contributed by atoms with Crippen molar-refractivity contribution in [2.24, 2.45) is 0 Å². The fourth-order valence-electron chi connectivity index (χ4n) is 3.40. The lowest BCUT2D eigenvalue weighted by Gasteiger charge is -2.29. The van der Waals surface area contributed by atoms with Crippen LogP contribution in [0.4, 0.5) is 4.39 Å². The lowest BCUT2D eigenvalue weighted by molar-refractivity contribution is 0.363. The van der Waals surface area contributed by atoms with Gasteiger partial charge in [-0.1, -0.05) is 0 Å². The van der Waals surface area contributed by atoms with E-state index in [9.17, 15) is 18.1 Å². The molecule has 7 nitrogen and oxygen atoms in total. The molecule has 1 heterocycles. The van der Waals surface area contributed by atoms with E-state index in [1.165, 1.54) is 26.2 Å². The number of nitrogens with one attached hydrogen (secondary N) is 2. The molecule has 1 fully saturated rings. The van der Waals surface area contributed by atoms with Crippen LogP contribution in [-0.4, -0.2) is 43.1 Å². The van der Waals surface area contributed by atoms with Crippen molar-refractivity contribution in [1.29, 1.82) is 5.26 Å². The van der Waals surface area contributed by atoms with E-state index in [4.69, 9.17) is 0 Å². The SMILES string of the molecule is CN(C)S(=O)(=O)NC1CCC(c2[nH]nc(-c3ccc(F)cc3)c2C#N)CC1. The largest absolute Gasteiger partial charge is 0.280 e. The van der Waals surface area contributed by atoms with Gasteiger partial charge in [0.15, 0.2) is 0 Å². The minimum Gasteiger partial charge on any atom is -0.280 e. The Bertz CT molecular complexity index is 939. The fourth-order valence-corrected chi connectivity index (χ4v) is 4.26. The van der Waals surface area contributed by atoms with E-state index in [0.29, 0.717) is 29.7 Å². The number of benzene rings is 1. The lowest BCUT2D eigenvalue weighted by Crippen LogP contribution is -2.43. The highest BCUT2D eigenvalue weighted by molar-refractivity contribution is 7.87. The van der Waals surface area contributed by atoms with Gasteiger partial charge in [0.05, 0.1) is 5.69 Å². The van der Waals surface area contributed by atoms with Gasteiger partial charge in [-0.3, -0.25) is 5.10 Å². The van der Waals surface area contributed by atoms with Crippen molar-refractivity contribution in [3.63, 3.8) is 0 Å². The average Bonchev–Trinajstić information content (AvgIpc) is 3.06. The normalized spacial score (nSPS) is 20.6. The first-order valence-corrected chi connectivity index (χ1v) is 10.2. The second-order valence-electron chi connectivity index (χ2n) is 6.93. The van der Waals surface area contributed by atoms with Gasteiger partial charge in [-0.25, -0.2) is 4.39 Å². The predicted molar refractivity (Wildman–Crippen MR) is 99.4 cm³/mol. The number of nitrogens with zero attached hydrogens (tertiary/aromatic N) is 3. The number of nitriles is 1. The summed E-state index contributed by atoms with van der Waals surface area (Å²) >= 11 is 0. The molecule has 0 saturated heterocycles. The summed E-state index contributed by atoms with van der Waals surface area (Å²) in [5.74, 6) is -0.229. The number of aromatic nitrogens is 2. The molecular weight excluding hydrogens is 369 g/mol. The van der Waals surface area contributed by atoms with Gasteiger partial charge in [-0.15, -0.1) is 0 Å². The molecule has 27 heavy (non-hydrogen) atoms. The molecule has 1 saturated carbocycles. The standard InChI is InChI=1S/C18H22FN5O2S/c1-24(2)27(25,26)23-15-9-5-13(6-10-15)18-16(11-20)17(21-22-18)12-3-7-14(19)8-4-12/h3-4,7-8,13,15,23H,5-6,9-10H2,1-2H3,(H,21,22). The quantitative estimate of drug-likeness (QED) is 0.817. The minimum atomic E-state index is -3.45. The van der Waals surface area contributed by atoms with Crippen molar-refractivity contribution in [1.82, 2.24) is 19.2 Å². The van der Waals surface area contributed by atoms with E-state index in [-0.39, 0.29) is 17.8 Å². The van der Waals surface area contributed by atoms with Crippen LogP contribution in [0.15, 0.2) is 24.3 Å². The maximum Gasteiger partial charge on any atom is 0.279 e. The second-order valence-corrected chi connectivity index (χ2v) is 8.85. The van der Waals surface area contributed by atoms with Crippen LogP contribution < -0.4 is 4.72 Å². The maximum atomic E-state index is 13.1. The molecule has 9 heteroatoms. The first kappa shape index (κ1) is 19.5. The maximum absolute atomic E-state index is 13.1. The van der Waals surface area contributed by atoms with Crippen molar-refractivity contribution in [2.45, 2.75) is 37.6 Å². The number of hydrogen-bond donors (Lipinski definition) is 2. The van der Waals surface area contributed by atoms with Gasteiger partial charge in [0.1, 0.15) is 23.1 Å². The van der Waals surface area contributed by atoms with Crippen molar-refractivity contribution >= 4 is 10.2 Å². The van der Waals surface area contributed by atoms with E-state index in [2.05, 4.69) is 21.0 Å².